The SMILES string of the molecule is CN(C)c1ccc(C=NNC(=O)c2cccc(O)c2)cc1. The van der Waals surface area contributed by atoms with Gasteiger partial charge in [-0.3, -0.25) is 4.79 Å². The zero-order valence-corrected chi connectivity index (χ0v) is 11.9. The molecule has 108 valence electrons. The minimum Gasteiger partial charge on any atom is -0.508 e. The van der Waals surface area contributed by atoms with Crippen LogP contribution < -0.4 is 10.3 Å². The number of phenolic OH excluding ortho intramolecular Hbond substituents is 1. The topological polar surface area (TPSA) is 64.9 Å². The van der Waals surface area contributed by atoms with Crippen LogP contribution in [0.5, 0.6) is 5.75 Å². The number of amides is 1. The molecule has 0 aliphatic carbocycles. The van der Waals surface area contributed by atoms with Crippen molar-refractivity contribution in [2.24, 2.45) is 5.10 Å². The lowest BCUT2D eigenvalue weighted by molar-refractivity contribution is 0.0954. The number of nitrogens with one attached hydrogen (secondary N) is 1. The molecule has 0 heterocycles. The summed E-state index contributed by atoms with van der Waals surface area (Å²) in [6.07, 6.45) is 1.57. The first-order valence-corrected chi connectivity index (χ1v) is 6.46. The van der Waals surface area contributed by atoms with E-state index in [4.69, 9.17) is 0 Å². The lowest BCUT2D eigenvalue weighted by atomic mass is 10.2. The molecule has 0 radical (unpaired) electrons. The molecule has 2 rings (SSSR count). The first-order chi connectivity index (χ1) is 10.1. The summed E-state index contributed by atoms with van der Waals surface area (Å²) in [6, 6.07) is 13.9. The maximum atomic E-state index is 11.8. The van der Waals surface area contributed by atoms with Gasteiger partial charge < -0.3 is 10.0 Å². The van der Waals surface area contributed by atoms with Crippen LogP contribution in [0.4, 0.5) is 5.69 Å². The van der Waals surface area contributed by atoms with Crippen LogP contribution in [-0.4, -0.2) is 31.3 Å². The van der Waals surface area contributed by atoms with Crippen LogP contribution in [0.25, 0.3) is 0 Å². The van der Waals surface area contributed by atoms with Gasteiger partial charge in [-0.1, -0.05) is 18.2 Å². The van der Waals surface area contributed by atoms with Gasteiger partial charge in [-0.2, -0.15) is 5.10 Å². The van der Waals surface area contributed by atoms with E-state index in [9.17, 15) is 9.90 Å². The summed E-state index contributed by atoms with van der Waals surface area (Å²) in [7, 11) is 3.94. The molecule has 1 amide bonds. The van der Waals surface area contributed by atoms with Crippen molar-refractivity contribution in [3.05, 3.63) is 59.7 Å². The van der Waals surface area contributed by atoms with Crippen molar-refractivity contribution in [2.75, 3.05) is 19.0 Å². The molecule has 2 aromatic rings. The van der Waals surface area contributed by atoms with Crippen LogP contribution in [0.2, 0.25) is 0 Å². The zero-order chi connectivity index (χ0) is 15.2. The zero-order valence-electron chi connectivity index (χ0n) is 11.9. The van der Waals surface area contributed by atoms with E-state index in [2.05, 4.69) is 10.5 Å². The smallest absolute Gasteiger partial charge is 0.271 e. The maximum Gasteiger partial charge on any atom is 0.271 e. The largest absolute Gasteiger partial charge is 0.508 e. The number of phenols is 1. The molecule has 0 bridgehead atoms. The van der Waals surface area contributed by atoms with Gasteiger partial charge in [-0.15, -0.1) is 0 Å². The fraction of sp³-hybridized carbons (Fsp3) is 0.125. The van der Waals surface area contributed by atoms with E-state index >= 15 is 0 Å². The third kappa shape index (κ3) is 4.07. The number of carbonyl (C=O) groups is 1. The Morgan fingerprint density at radius 1 is 1.19 bits per heavy atom. The molecule has 0 atom stereocenters. The van der Waals surface area contributed by atoms with Crippen molar-refractivity contribution < 1.29 is 9.90 Å². The maximum absolute atomic E-state index is 11.8. The van der Waals surface area contributed by atoms with Gasteiger partial charge in [-0.05, 0) is 35.9 Å². The highest BCUT2D eigenvalue weighted by Crippen LogP contribution is 2.11. The van der Waals surface area contributed by atoms with E-state index in [0.29, 0.717) is 5.56 Å². The second kappa shape index (κ2) is 6.56. The summed E-state index contributed by atoms with van der Waals surface area (Å²) < 4.78 is 0. The highest BCUT2D eigenvalue weighted by Gasteiger charge is 2.04. The Morgan fingerprint density at radius 2 is 1.90 bits per heavy atom. The predicted molar refractivity (Wildman–Crippen MR) is 83.9 cm³/mol. The lowest BCUT2D eigenvalue weighted by Crippen LogP contribution is -2.17. The van der Waals surface area contributed by atoms with Gasteiger partial charge in [0.2, 0.25) is 0 Å². The average Bonchev–Trinajstić information content (AvgIpc) is 2.47. The number of hydrazone groups is 1. The molecular formula is C16H17N3O2. The second-order valence-corrected chi connectivity index (χ2v) is 4.74. The third-order valence-electron chi connectivity index (χ3n) is 2.90. The van der Waals surface area contributed by atoms with Crippen LogP contribution in [0.1, 0.15) is 15.9 Å². The Hall–Kier alpha value is -2.82. The summed E-state index contributed by atoms with van der Waals surface area (Å²) in [6.45, 7) is 0. The van der Waals surface area contributed by atoms with E-state index in [1.54, 1.807) is 18.3 Å². The van der Waals surface area contributed by atoms with Gasteiger partial charge in [-0.25, -0.2) is 5.43 Å². The van der Waals surface area contributed by atoms with Gasteiger partial charge in [0.05, 0.1) is 6.21 Å². The van der Waals surface area contributed by atoms with Crippen molar-refractivity contribution in [1.82, 2.24) is 5.43 Å². The lowest BCUT2D eigenvalue weighted by Gasteiger charge is -2.11. The summed E-state index contributed by atoms with van der Waals surface area (Å²) >= 11 is 0. The summed E-state index contributed by atoms with van der Waals surface area (Å²) in [5.41, 5.74) is 4.76. The molecule has 5 nitrogen and oxygen atoms in total. The molecule has 2 aromatic carbocycles. The first-order valence-electron chi connectivity index (χ1n) is 6.46. The van der Waals surface area contributed by atoms with Crippen molar-refractivity contribution in [3.8, 4) is 5.75 Å². The molecule has 0 saturated heterocycles. The van der Waals surface area contributed by atoms with Gasteiger partial charge in [0.25, 0.3) is 5.91 Å². The molecule has 0 unspecified atom stereocenters. The quantitative estimate of drug-likeness (QED) is 0.668. The number of carbonyl (C=O) groups excluding carboxylic acids is 1. The average molecular weight is 283 g/mol. The number of nitrogens with zero attached hydrogens (tertiary/aromatic N) is 2. The molecule has 21 heavy (non-hydrogen) atoms. The number of hydrogen-bond acceptors (Lipinski definition) is 4. The number of rotatable bonds is 4. The highest BCUT2D eigenvalue weighted by molar-refractivity contribution is 5.95. The summed E-state index contributed by atoms with van der Waals surface area (Å²) in [4.78, 5) is 13.8. The van der Waals surface area contributed by atoms with E-state index in [1.165, 1.54) is 12.1 Å². The standard InChI is InChI=1S/C16H17N3O2/c1-19(2)14-8-6-12(7-9-14)11-17-18-16(21)13-4-3-5-15(20)10-13/h3-11,20H,1-2H3,(H,18,21). The van der Waals surface area contributed by atoms with Crippen molar-refractivity contribution >= 4 is 17.8 Å². The number of benzene rings is 2. The number of anilines is 1. The Morgan fingerprint density at radius 3 is 2.52 bits per heavy atom. The Kier molecular flexibility index (Phi) is 4.56. The molecule has 5 heteroatoms. The van der Waals surface area contributed by atoms with Crippen LogP contribution >= 0.6 is 0 Å². The predicted octanol–water partition coefficient (Wildman–Crippen LogP) is 2.22. The normalized spacial score (nSPS) is 10.6. The van der Waals surface area contributed by atoms with Crippen LogP contribution in [0, 0.1) is 0 Å². The number of hydrogen-bond donors (Lipinski definition) is 2. The van der Waals surface area contributed by atoms with Crippen molar-refractivity contribution in [3.63, 3.8) is 0 Å². The van der Waals surface area contributed by atoms with Gasteiger partial charge in [0.15, 0.2) is 0 Å². The fourth-order valence-electron chi connectivity index (χ4n) is 1.74. The van der Waals surface area contributed by atoms with Crippen LogP contribution in [0.15, 0.2) is 53.6 Å². The van der Waals surface area contributed by atoms with Crippen LogP contribution in [-0.2, 0) is 0 Å². The third-order valence-corrected chi connectivity index (χ3v) is 2.90. The first kappa shape index (κ1) is 14.6. The van der Waals surface area contributed by atoms with E-state index in [-0.39, 0.29) is 11.7 Å². The molecule has 0 fully saturated rings. The van der Waals surface area contributed by atoms with Crippen molar-refractivity contribution in [2.45, 2.75) is 0 Å². The molecule has 0 aliphatic heterocycles. The van der Waals surface area contributed by atoms with Crippen LogP contribution in [0.3, 0.4) is 0 Å². The second-order valence-electron chi connectivity index (χ2n) is 4.74. The van der Waals surface area contributed by atoms with Gasteiger partial charge in [0, 0.05) is 25.3 Å². The molecule has 0 spiro atoms. The Bertz CT molecular complexity index is 649. The van der Waals surface area contributed by atoms with E-state index in [0.717, 1.165) is 11.3 Å². The van der Waals surface area contributed by atoms with Crippen molar-refractivity contribution in [1.29, 1.82) is 0 Å². The Labute approximate surface area is 123 Å². The monoisotopic (exact) mass is 283 g/mol. The van der Waals surface area contributed by atoms with Gasteiger partial charge in [0.1, 0.15) is 5.75 Å². The molecule has 0 aromatic heterocycles. The summed E-state index contributed by atoms with van der Waals surface area (Å²) in [5.74, 6) is -0.321. The number of aromatic hydroxyl groups is 1. The fourth-order valence-corrected chi connectivity index (χ4v) is 1.74. The van der Waals surface area contributed by atoms with E-state index < -0.39 is 0 Å². The van der Waals surface area contributed by atoms with E-state index in [1.807, 2.05) is 43.3 Å². The molecule has 2 N–H and O–H groups in total. The molecular weight excluding hydrogens is 266 g/mol. The highest BCUT2D eigenvalue weighted by atomic mass is 16.3. The summed E-state index contributed by atoms with van der Waals surface area (Å²) in [5, 5.41) is 13.2. The molecule has 0 aliphatic rings. The minimum atomic E-state index is -0.368. The Balaban J connectivity index is 1.97. The molecule has 0 saturated carbocycles. The minimum absolute atomic E-state index is 0.0471. The van der Waals surface area contributed by atoms with Gasteiger partial charge >= 0.3 is 0 Å².